The second-order valence-electron chi connectivity index (χ2n) is 5.55. The molecule has 0 saturated carbocycles. The smallest absolute Gasteiger partial charge is 0.255 e. The second-order valence-corrected chi connectivity index (χ2v) is 5.55. The molecule has 0 atom stereocenters. The van der Waals surface area contributed by atoms with Crippen molar-refractivity contribution >= 4 is 18.3 Å². The molecule has 1 aromatic carbocycles. The summed E-state index contributed by atoms with van der Waals surface area (Å²) in [7, 11) is 0. The first kappa shape index (κ1) is 18.1. The fourth-order valence-electron chi connectivity index (χ4n) is 1.92. The maximum Gasteiger partial charge on any atom is 0.255 e. The minimum absolute atomic E-state index is 0. The first-order valence-corrected chi connectivity index (χ1v) is 6.68. The SMILES string of the molecule is Cc1c(C(=O)NC(C)(C)CN)cnn1-c1ccccc1F.Cl. The number of aromatic nitrogens is 2. The van der Waals surface area contributed by atoms with Crippen molar-refractivity contribution in [1.82, 2.24) is 15.1 Å². The number of rotatable bonds is 4. The lowest BCUT2D eigenvalue weighted by molar-refractivity contribution is 0.0915. The summed E-state index contributed by atoms with van der Waals surface area (Å²) in [5.74, 6) is -0.663. The third-order valence-electron chi connectivity index (χ3n) is 3.30. The van der Waals surface area contributed by atoms with E-state index in [2.05, 4.69) is 10.4 Å². The van der Waals surface area contributed by atoms with Crippen molar-refractivity contribution in [1.29, 1.82) is 0 Å². The van der Waals surface area contributed by atoms with E-state index in [0.29, 0.717) is 23.5 Å². The summed E-state index contributed by atoms with van der Waals surface area (Å²) in [6.45, 7) is 5.71. The maximum absolute atomic E-state index is 13.8. The van der Waals surface area contributed by atoms with E-state index in [9.17, 15) is 9.18 Å². The third kappa shape index (κ3) is 3.64. The van der Waals surface area contributed by atoms with Crippen molar-refractivity contribution < 1.29 is 9.18 Å². The van der Waals surface area contributed by atoms with Crippen LogP contribution in [-0.4, -0.2) is 27.8 Å². The second kappa shape index (κ2) is 6.89. The van der Waals surface area contributed by atoms with Crippen molar-refractivity contribution in [3.05, 3.63) is 47.5 Å². The Labute approximate surface area is 135 Å². The largest absolute Gasteiger partial charge is 0.346 e. The molecule has 0 spiro atoms. The van der Waals surface area contributed by atoms with Gasteiger partial charge in [-0.3, -0.25) is 4.79 Å². The van der Waals surface area contributed by atoms with Crippen LogP contribution in [0.3, 0.4) is 0 Å². The van der Waals surface area contributed by atoms with E-state index in [1.54, 1.807) is 25.1 Å². The summed E-state index contributed by atoms with van der Waals surface area (Å²) in [6, 6.07) is 6.29. The zero-order valence-electron chi connectivity index (χ0n) is 12.8. The van der Waals surface area contributed by atoms with E-state index in [1.807, 2.05) is 13.8 Å². The summed E-state index contributed by atoms with van der Waals surface area (Å²) in [5.41, 5.74) is 6.38. The summed E-state index contributed by atoms with van der Waals surface area (Å²) in [4.78, 5) is 12.3. The standard InChI is InChI=1S/C15H19FN4O.ClH/c1-10-11(14(21)19-15(2,3)9-17)8-18-20(10)13-7-5-4-6-12(13)16;/h4-8H,9,17H2,1-3H3,(H,19,21);1H. The van der Waals surface area contributed by atoms with Crippen LogP contribution in [-0.2, 0) is 0 Å². The molecule has 1 amide bonds. The van der Waals surface area contributed by atoms with Crippen LogP contribution in [0.5, 0.6) is 0 Å². The van der Waals surface area contributed by atoms with Gasteiger partial charge in [-0.25, -0.2) is 9.07 Å². The van der Waals surface area contributed by atoms with Gasteiger partial charge in [-0.05, 0) is 32.9 Å². The van der Waals surface area contributed by atoms with Gasteiger partial charge in [-0.2, -0.15) is 5.10 Å². The molecule has 0 aliphatic heterocycles. The van der Waals surface area contributed by atoms with Crippen LogP contribution < -0.4 is 11.1 Å². The highest BCUT2D eigenvalue weighted by Gasteiger charge is 2.22. The van der Waals surface area contributed by atoms with Crippen molar-refractivity contribution in [3.8, 4) is 5.69 Å². The normalized spacial score (nSPS) is 11.0. The molecular formula is C15H20ClFN4O. The third-order valence-corrected chi connectivity index (χ3v) is 3.30. The highest BCUT2D eigenvalue weighted by atomic mass is 35.5. The first-order valence-electron chi connectivity index (χ1n) is 6.68. The average molecular weight is 327 g/mol. The molecule has 3 N–H and O–H groups in total. The molecule has 2 aromatic rings. The van der Waals surface area contributed by atoms with E-state index in [4.69, 9.17) is 5.73 Å². The molecule has 120 valence electrons. The van der Waals surface area contributed by atoms with Crippen LogP contribution in [0.15, 0.2) is 30.5 Å². The molecule has 0 radical (unpaired) electrons. The van der Waals surface area contributed by atoms with Gasteiger partial charge >= 0.3 is 0 Å². The number of hydrogen-bond donors (Lipinski definition) is 2. The molecule has 0 bridgehead atoms. The Morgan fingerprint density at radius 1 is 1.41 bits per heavy atom. The molecule has 0 saturated heterocycles. The Kier molecular flexibility index (Phi) is 5.68. The minimum atomic E-state index is -0.510. The molecule has 2 rings (SSSR count). The fourth-order valence-corrected chi connectivity index (χ4v) is 1.92. The average Bonchev–Trinajstić information content (AvgIpc) is 2.81. The van der Waals surface area contributed by atoms with E-state index in [0.717, 1.165) is 0 Å². The van der Waals surface area contributed by atoms with Gasteiger partial charge in [0.15, 0.2) is 0 Å². The topological polar surface area (TPSA) is 72.9 Å². The van der Waals surface area contributed by atoms with Gasteiger partial charge < -0.3 is 11.1 Å². The molecule has 22 heavy (non-hydrogen) atoms. The van der Waals surface area contributed by atoms with Crippen molar-refractivity contribution in [2.75, 3.05) is 6.54 Å². The number of para-hydroxylation sites is 1. The Morgan fingerprint density at radius 2 is 2.05 bits per heavy atom. The Bertz CT molecular complexity index is 669. The predicted molar refractivity (Wildman–Crippen MR) is 86.1 cm³/mol. The number of halogens is 2. The number of nitrogens with zero attached hydrogens (tertiary/aromatic N) is 2. The van der Waals surface area contributed by atoms with E-state index >= 15 is 0 Å². The molecule has 1 heterocycles. The van der Waals surface area contributed by atoms with Gasteiger partial charge in [-0.15, -0.1) is 12.4 Å². The number of benzene rings is 1. The van der Waals surface area contributed by atoms with Crippen LogP contribution in [0.25, 0.3) is 5.69 Å². The Morgan fingerprint density at radius 3 is 2.64 bits per heavy atom. The van der Waals surface area contributed by atoms with Gasteiger partial charge in [0.25, 0.3) is 5.91 Å². The summed E-state index contributed by atoms with van der Waals surface area (Å²) in [6.07, 6.45) is 1.43. The Balaban J connectivity index is 0.00000242. The van der Waals surface area contributed by atoms with Crippen LogP contribution in [0.2, 0.25) is 0 Å². The quantitative estimate of drug-likeness (QED) is 0.904. The van der Waals surface area contributed by atoms with Crippen molar-refractivity contribution in [3.63, 3.8) is 0 Å². The van der Waals surface area contributed by atoms with Crippen LogP contribution >= 0.6 is 12.4 Å². The number of nitrogens with two attached hydrogens (primary N) is 1. The predicted octanol–water partition coefficient (Wildman–Crippen LogP) is 2.21. The summed E-state index contributed by atoms with van der Waals surface area (Å²) >= 11 is 0. The number of carbonyl (C=O) groups excluding carboxylic acids is 1. The number of amides is 1. The van der Waals surface area contributed by atoms with E-state index < -0.39 is 11.4 Å². The van der Waals surface area contributed by atoms with Crippen LogP contribution in [0, 0.1) is 12.7 Å². The highest BCUT2D eigenvalue weighted by molar-refractivity contribution is 5.95. The number of carbonyl (C=O) groups is 1. The lowest BCUT2D eigenvalue weighted by Crippen LogP contribution is -2.48. The first-order chi connectivity index (χ1) is 9.85. The minimum Gasteiger partial charge on any atom is -0.346 e. The highest BCUT2D eigenvalue weighted by Crippen LogP contribution is 2.17. The lowest BCUT2D eigenvalue weighted by atomic mass is 10.1. The molecule has 5 nitrogen and oxygen atoms in total. The summed E-state index contributed by atoms with van der Waals surface area (Å²) in [5, 5.41) is 6.94. The molecule has 1 aromatic heterocycles. The van der Waals surface area contributed by atoms with Gasteiger partial charge in [0.05, 0.1) is 17.5 Å². The van der Waals surface area contributed by atoms with Gasteiger partial charge in [0, 0.05) is 12.1 Å². The monoisotopic (exact) mass is 326 g/mol. The molecule has 0 unspecified atom stereocenters. The van der Waals surface area contributed by atoms with E-state index in [1.165, 1.54) is 16.9 Å². The molecule has 0 aliphatic carbocycles. The van der Waals surface area contributed by atoms with Gasteiger partial charge in [0.2, 0.25) is 0 Å². The van der Waals surface area contributed by atoms with Crippen molar-refractivity contribution in [2.24, 2.45) is 5.73 Å². The zero-order chi connectivity index (χ0) is 15.6. The van der Waals surface area contributed by atoms with Gasteiger partial charge in [-0.1, -0.05) is 12.1 Å². The van der Waals surface area contributed by atoms with Crippen molar-refractivity contribution in [2.45, 2.75) is 26.3 Å². The number of nitrogens with one attached hydrogen (secondary N) is 1. The number of hydrogen-bond acceptors (Lipinski definition) is 3. The summed E-state index contributed by atoms with van der Waals surface area (Å²) < 4.78 is 15.2. The van der Waals surface area contributed by atoms with Crippen LogP contribution in [0.4, 0.5) is 4.39 Å². The molecule has 0 aliphatic rings. The van der Waals surface area contributed by atoms with Crippen LogP contribution in [0.1, 0.15) is 29.9 Å². The van der Waals surface area contributed by atoms with E-state index in [-0.39, 0.29) is 18.3 Å². The Hall–Kier alpha value is -1.92. The lowest BCUT2D eigenvalue weighted by Gasteiger charge is -2.24. The molecule has 7 heteroatoms. The maximum atomic E-state index is 13.8. The fraction of sp³-hybridized carbons (Fsp3) is 0.333. The van der Waals surface area contributed by atoms with Gasteiger partial charge in [0.1, 0.15) is 11.5 Å². The molecular weight excluding hydrogens is 307 g/mol. The zero-order valence-corrected chi connectivity index (χ0v) is 13.6. The molecule has 0 fully saturated rings.